The third-order valence-corrected chi connectivity index (χ3v) is 9.08. The standard InChI is InChI=1S/C33H36F3N7O6S/c1-5-37-32(47)40-28-13-22(30-39-27(18-50-30)33(34,35)36)24(14-38-28)20-6-7-26-23(12-20)29(45)25(15-43(26)21(16-48-3)17-49-4)31(46)42-10-8-41(9-11-42)19(2)44/h6-7,12-15,18,21H,5,8-11,16-17H2,1-4H3,(H2,37,38,40,47). The molecule has 4 aromatic rings. The number of nitrogens with one attached hydrogen (secondary N) is 2. The number of rotatable bonds is 10. The van der Waals surface area contributed by atoms with E-state index in [1.54, 1.807) is 34.6 Å². The van der Waals surface area contributed by atoms with Crippen LogP contribution in [0.1, 0.15) is 35.9 Å². The number of nitrogens with zero attached hydrogens (tertiary/aromatic N) is 5. The zero-order valence-corrected chi connectivity index (χ0v) is 28.6. The highest BCUT2D eigenvalue weighted by Crippen LogP contribution is 2.39. The summed E-state index contributed by atoms with van der Waals surface area (Å²) in [4.78, 5) is 63.4. The van der Waals surface area contributed by atoms with E-state index >= 15 is 0 Å². The number of fused-ring (bicyclic) bond motifs is 1. The van der Waals surface area contributed by atoms with Gasteiger partial charge < -0.3 is 29.2 Å². The van der Waals surface area contributed by atoms with Gasteiger partial charge in [0.1, 0.15) is 16.4 Å². The Bertz CT molecular complexity index is 1950. The predicted octanol–water partition coefficient (Wildman–Crippen LogP) is 4.49. The highest BCUT2D eigenvalue weighted by molar-refractivity contribution is 7.13. The number of urea groups is 1. The van der Waals surface area contributed by atoms with Crippen LogP contribution < -0.4 is 16.1 Å². The lowest BCUT2D eigenvalue weighted by molar-refractivity contribution is -0.140. The van der Waals surface area contributed by atoms with E-state index in [2.05, 4.69) is 20.6 Å². The van der Waals surface area contributed by atoms with E-state index in [-0.39, 0.29) is 59.5 Å². The summed E-state index contributed by atoms with van der Waals surface area (Å²) in [6, 6.07) is 5.35. The van der Waals surface area contributed by atoms with Crippen molar-refractivity contribution >= 4 is 45.9 Å². The summed E-state index contributed by atoms with van der Waals surface area (Å²) in [5, 5.41) is 6.21. The van der Waals surface area contributed by atoms with Crippen LogP contribution in [0.3, 0.4) is 0 Å². The second kappa shape index (κ2) is 15.3. The van der Waals surface area contributed by atoms with Crippen LogP contribution in [-0.4, -0.2) is 102 Å². The molecule has 13 nitrogen and oxygen atoms in total. The number of hydrogen-bond acceptors (Lipinski definition) is 9. The number of amides is 4. The maximum absolute atomic E-state index is 14.2. The molecule has 0 bridgehead atoms. The Morgan fingerprint density at radius 3 is 2.30 bits per heavy atom. The first kappa shape index (κ1) is 36.4. The zero-order chi connectivity index (χ0) is 36.2. The Morgan fingerprint density at radius 2 is 1.70 bits per heavy atom. The largest absolute Gasteiger partial charge is 0.434 e. The Hall–Kier alpha value is -4.87. The first-order valence-electron chi connectivity index (χ1n) is 15.7. The lowest BCUT2D eigenvalue weighted by atomic mass is 9.98. The van der Waals surface area contributed by atoms with Gasteiger partial charge in [-0.15, -0.1) is 11.3 Å². The molecular weight excluding hydrogens is 679 g/mol. The zero-order valence-electron chi connectivity index (χ0n) is 27.8. The maximum Gasteiger partial charge on any atom is 0.434 e. The van der Waals surface area contributed by atoms with Crippen LogP contribution in [0.2, 0.25) is 0 Å². The lowest BCUT2D eigenvalue weighted by Gasteiger charge is -2.34. The van der Waals surface area contributed by atoms with Crippen molar-refractivity contribution in [2.24, 2.45) is 0 Å². The van der Waals surface area contributed by atoms with Gasteiger partial charge in [-0.1, -0.05) is 6.07 Å². The predicted molar refractivity (Wildman–Crippen MR) is 181 cm³/mol. The third-order valence-electron chi connectivity index (χ3n) is 8.21. The van der Waals surface area contributed by atoms with Gasteiger partial charge in [-0.2, -0.15) is 13.2 Å². The summed E-state index contributed by atoms with van der Waals surface area (Å²) >= 11 is 0.769. The van der Waals surface area contributed by atoms with Crippen molar-refractivity contribution in [2.75, 3.05) is 65.5 Å². The van der Waals surface area contributed by atoms with Gasteiger partial charge in [0.2, 0.25) is 11.3 Å². The van der Waals surface area contributed by atoms with E-state index < -0.39 is 35.3 Å². The van der Waals surface area contributed by atoms with Crippen LogP contribution in [0.4, 0.5) is 23.8 Å². The molecule has 50 heavy (non-hydrogen) atoms. The Balaban J connectivity index is 1.67. The number of methoxy groups -OCH3 is 2. The number of carbonyl (C=O) groups excluding carboxylic acids is 3. The van der Waals surface area contributed by atoms with Gasteiger partial charge in [-0.3, -0.25) is 19.7 Å². The highest BCUT2D eigenvalue weighted by atomic mass is 32.1. The molecule has 3 aromatic heterocycles. The summed E-state index contributed by atoms with van der Waals surface area (Å²) < 4.78 is 53.3. The molecule has 1 aliphatic heterocycles. The van der Waals surface area contributed by atoms with Gasteiger partial charge in [0, 0.05) is 88.2 Å². The highest BCUT2D eigenvalue weighted by Gasteiger charge is 2.34. The minimum atomic E-state index is -4.68. The molecule has 1 aliphatic rings. The fraction of sp³-hybridized carbons (Fsp3) is 0.394. The number of aromatic nitrogens is 3. The van der Waals surface area contributed by atoms with Gasteiger partial charge in [-0.25, -0.2) is 14.8 Å². The molecular formula is C33H36F3N7O6S. The number of ether oxygens (including phenoxy) is 2. The fourth-order valence-corrected chi connectivity index (χ4v) is 6.60. The number of thiazole rings is 1. The lowest BCUT2D eigenvalue weighted by Crippen LogP contribution is -2.50. The van der Waals surface area contributed by atoms with E-state index in [0.29, 0.717) is 36.3 Å². The molecule has 0 aliphatic carbocycles. The van der Waals surface area contributed by atoms with Crippen LogP contribution in [0.25, 0.3) is 32.6 Å². The number of alkyl halides is 3. The maximum atomic E-state index is 14.2. The Morgan fingerprint density at radius 1 is 1.02 bits per heavy atom. The van der Waals surface area contributed by atoms with Gasteiger partial charge in [-0.05, 0) is 30.7 Å². The van der Waals surface area contributed by atoms with Crippen LogP contribution in [0, 0.1) is 0 Å². The minimum absolute atomic E-state index is 0.0140. The van der Waals surface area contributed by atoms with Crippen molar-refractivity contribution in [1.29, 1.82) is 0 Å². The second-order valence-corrected chi connectivity index (χ2v) is 12.4. The Labute approximate surface area is 289 Å². The van der Waals surface area contributed by atoms with Gasteiger partial charge in [0.25, 0.3) is 5.91 Å². The molecule has 0 radical (unpaired) electrons. The molecule has 17 heteroatoms. The normalized spacial score (nSPS) is 13.6. The van der Waals surface area contributed by atoms with E-state index in [0.717, 1.165) is 16.7 Å². The van der Waals surface area contributed by atoms with Crippen molar-refractivity contribution in [2.45, 2.75) is 26.1 Å². The van der Waals surface area contributed by atoms with Crippen LogP contribution in [-0.2, 0) is 20.4 Å². The molecule has 0 unspecified atom stereocenters. The first-order valence-corrected chi connectivity index (χ1v) is 16.5. The number of hydrogen-bond donors (Lipinski definition) is 2. The van der Waals surface area contributed by atoms with E-state index in [4.69, 9.17) is 9.47 Å². The van der Waals surface area contributed by atoms with E-state index in [1.165, 1.54) is 44.5 Å². The quantitative estimate of drug-likeness (QED) is 0.244. The first-order chi connectivity index (χ1) is 23.9. The monoisotopic (exact) mass is 715 g/mol. The molecule has 266 valence electrons. The Kier molecular flexibility index (Phi) is 11.2. The van der Waals surface area contributed by atoms with Crippen molar-refractivity contribution in [1.82, 2.24) is 29.7 Å². The summed E-state index contributed by atoms with van der Waals surface area (Å²) in [6.07, 6.45) is -1.80. The molecule has 1 fully saturated rings. The smallest absolute Gasteiger partial charge is 0.382 e. The van der Waals surface area contributed by atoms with Crippen molar-refractivity contribution in [3.8, 4) is 21.7 Å². The van der Waals surface area contributed by atoms with Crippen LogP contribution in [0.5, 0.6) is 0 Å². The molecule has 1 saturated heterocycles. The van der Waals surface area contributed by atoms with E-state index in [9.17, 15) is 32.3 Å². The summed E-state index contributed by atoms with van der Waals surface area (Å²) in [7, 11) is 3.04. The van der Waals surface area contributed by atoms with Crippen molar-refractivity contribution in [3.05, 3.63) is 63.5 Å². The molecule has 0 spiro atoms. The molecule has 0 atom stereocenters. The van der Waals surface area contributed by atoms with Gasteiger partial charge in [0.05, 0.1) is 24.8 Å². The number of pyridine rings is 2. The summed E-state index contributed by atoms with van der Waals surface area (Å²) in [5.74, 6) is -0.534. The average molecular weight is 716 g/mol. The molecule has 2 N–H and O–H groups in total. The second-order valence-electron chi connectivity index (χ2n) is 11.5. The SMILES string of the molecule is CCNC(=O)Nc1cc(-c2nc(C(F)(F)F)cs2)c(-c2ccc3c(c2)c(=O)c(C(=O)N2CCN(C(C)=O)CC2)cn3C(COC)COC)cn1. The van der Waals surface area contributed by atoms with Gasteiger partial charge in [0.15, 0.2) is 5.69 Å². The topological polar surface area (TPSA) is 148 Å². The number of carbonyl (C=O) groups is 3. The minimum Gasteiger partial charge on any atom is -0.382 e. The number of anilines is 1. The third kappa shape index (κ3) is 7.79. The van der Waals surface area contributed by atoms with Crippen molar-refractivity contribution < 1.29 is 37.0 Å². The van der Waals surface area contributed by atoms with E-state index in [1.807, 2.05) is 0 Å². The molecule has 4 amide bonds. The van der Waals surface area contributed by atoms with Crippen LogP contribution in [0.15, 0.2) is 46.8 Å². The van der Waals surface area contributed by atoms with Crippen molar-refractivity contribution in [3.63, 3.8) is 0 Å². The molecule has 0 saturated carbocycles. The summed E-state index contributed by atoms with van der Waals surface area (Å²) in [5.41, 5.74) is -0.278. The molecule has 4 heterocycles. The van der Waals surface area contributed by atoms with Gasteiger partial charge >= 0.3 is 12.2 Å². The number of piperazine rings is 1. The average Bonchev–Trinajstić information content (AvgIpc) is 3.60. The summed E-state index contributed by atoms with van der Waals surface area (Å²) in [6.45, 7) is 5.05. The molecule has 5 rings (SSSR count). The fourth-order valence-electron chi connectivity index (χ4n) is 5.75. The molecule has 1 aromatic carbocycles. The number of halogens is 3. The van der Waals surface area contributed by atoms with Crippen LogP contribution >= 0.6 is 11.3 Å². The number of benzene rings is 1.